The zero-order chi connectivity index (χ0) is 20.6. The second kappa shape index (κ2) is 7.65. The molecule has 0 aromatic carbocycles. The topological polar surface area (TPSA) is 75.9 Å². The minimum absolute atomic E-state index is 0.0898. The van der Waals surface area contributed by atoms with E-state index in [4.69, 9.17) is 4.98 Å². The van der Waals surface area contributed by atoms with Crippen molar-refractivity contribution in [2.45, 2.75) is 63.3 Å². The number of nitrogens with zero attached hydrogens (tertiary/aromatic N) is 4. The molecule has 2 saturated carbocycles. The highest BCUT2D eigenvalue weighted by Crippen LogP contribution is 2.42. The summed E-state index contributed by atoms with van der Waals surface area (Å²) in [4.78, 5) is 24.7. The number of hydrogen-bond donors (Lipinski definition) is 1. The normalized spacial score (nSPS) is 25.4. The van der Waals surface area contributed by atoms with Crippen LogP contribution in [0.1, 0.15) is 63.2 Å². The predicted molar refractivity (Wildman–Crippen MR) is 109 cm³/mol. The standard InChI is InChI=1S/C21H25F2N5O/c1-3-4-11-24-13(2)15-5-6-16(15)18-26-19-17(20(29)27-18)12-25-28(19)14-7-9-21(22,23)10-8-14/h3-4,11-12,14-16H,1,5-10H2,2H3,(H,26,27,29)/b11-4-,24-13?. The van der Waals surface area contributed by atoms with Gasteiger partial charge in [-0.3, -0.25) is 9.79 Å². The third kappa shape index (κ3) is 3.80. The Hall–Kier alpha value is -2.64. The summed E-state index contributed by atoms with van der Waals surface area (Å²) in [6.07, 6.45) is 8.90. The number of H-pyrrole nitrogens is 1. The van der Waals surface area contributed by atoms with Crippen molar-refractivity contribution in [2.75, 3.05) is 0 Å². The number of nitrogens with one attached hydrogen (secondary N) is 1. The first-order valence-corrected chi connectivity index (χ1v) is 10.1. The number of hydrogen-bond acceptors (Lipinski definition) is 4. The summed E-state index contributed by atoms with van der Waals surface area (Å²) >= 11 is 0. The molecular formula is C21H25F2N5O. The van der Waals surface area contributed by atoms with Crippen molar-refractivity contribution in [3.63, 3.8) is 0 Å². The maximum atomic E-state index is 13.5. The fraction of sp³-hybridized carbons (Fsp3) is 0.524. The lowest BCUT2D eigenvalue weighted by Crippen LogP contribution is -2.32. The summed E-state index contributed by atoms with van der Waals surface area (Å²) in [5.74, 6) is -1.67. The van der Waals surface area contributed by atoms with E-state index in [2.05, 4.69) is 21.7 Å². The SMILES string of the molecule is C=C/C=C\N=C(C)C1CCC1c1nc2c(cnn2C2CCC(F)(F)CC2)c(=O)[nH]1. The van der Waals surface area contributed by atoms with Crippen LogP contribution >= 0.6 is 0 Å². The van der Waals surface area contributed by atoms with Crippen molar-refractivity contribution in [1.82, 2.24) is 19.7 Å². The minimum Gasteiger partial charge on any atom is -0.310 e. The molecular weight excluding hydrogens is 376 g/mol. The van der Waals surface area contributed by atoms with Crippen LogP contribution in [0.25, 0.3) is 11.0 Å². The van der Waals surface area contributed by atoms with Crippen LogP contribution in [0.2, 0.25) is 0 Å². The Morgan fingerprint density at radius 1 is 1.34 bits per heavy atom. The van der Waals surface area contributed by atoms with Gasteiger partial charge >= 0.3 is 0 Å². The van der Waals surface area contributed by atoms with E-state index in [9.17, 15) is 13.6 Å². The Morgan fingerprint density at radius 3 is 2.76 bits per heavy atom. The Kier molecular flexibility index (Phi) is 5.19. The number of alkyl halides is 2. The molecule has 4 rings (SSSR count). The number of aliphatic imine (C=N–C) groups is 1. The molecule has 2 aromatic heterocycles. The summed E-state index contributed by atoms with van der Waals surface area (Å²) in [6.45, 7) is 5.61. The van der Waals surface area contributed by atoms with Gasteiger partial charge in [0.25, 0.3) is 5.56 Å². The van der Waals surface area contributed by atoms with Gasteiger partial charge in [-0.2, -0.15) is 5.10 Å². The van der Waals surface area contributed by atoms with Gasteiger partial charge < -0.3 is 4.98 Å². The van der Waals surface area contributed by atoms with Crippen molar-refractivity contribution >= 4 is 16.7 Å². The van der Waals surface area contributed by atoms with Crippen molar-refractivity contribution in [3.8, 4) is 0 Å². The lowest BCUT2D eigenvalue weighted by molar-refractivity contribution is -0.0446. The molecule has 0 aliphatic heterocycles. The summed E-state index contributed by atoms with van der Waals surface area (Å²) in [5.41, 5.74) is 1.25. The van der Waals surface area contributed by atoms with Crippen LogP contribution in [0, 0.1) is 5.92 Å². The van der Waals surface area contributed by atoms with Gasteiger partial charge in [-0.1, -0.05) is 12.7 Å². The average Bonchev–Trinajstić information content (AvgIpc) is 3.05. The predicted octanol–water partition coefficient (Wildman–Crippen LogP) is 4.52. The third-order valence-corrected chi connectivity index (χ3v) is 6.18. The molecule has 2 atom stereocenters. The first-order valence-electron chi connectivity index (χ1n) is 10.1. The molecule has 2 aromatic rings. The minimum atomic E-state index is -2.61. The fourth-order valence-electron chi connectivity index (χ4n) is 4.31. The van der Waals surface area contributed by atoms with Crippen molar-refractivity contribution in [2.24, 2.45) is 10.9 Å². The lowest BCUT2D eigenvalue weighted by atomic mass is 9.71. The average molecular weight is 401 g/mol. The second-order valence-electron chi connectivity index (χ2n) is 8.00. The van der Waals surface area contributed by atoms with E-state index in [0.717, 1.165) is 18.6 Å². The highest BCUT2D eigenvalue weighted by Gasteiger charge is 2.38. The van der Waals surface area contributed by atoms with Gasteiger partial charge in [-0.25, -0.2) is 18.4 Å². The summed E-state index contributed by atoms with van der Waals surface area (Å²) in [6, 6.07) is -0.154. The maximum Gasteiger partial charge on any atom is 0.262 e. The fourth-order valence-corrected chi connectivity index (χ4v) is 4.31. The molecule has 154 valence electrons. The van der Waals surface area contributed by atoms with Gasteiger partial charge in [0, 0.05) is 36.6 Å². The Morgan fingerprint density at radius 2 is 2.10 bits per heavy atom. The van der Waals surface area contributed by atoms with E-state index in [-0.39, 0.29) is 36.3 Å². The molecule has 0 saturated heterocycles. The van der Waals surface area contributed by atoms with E-state index in [1.807, 2.05) is 6.92 Å². The number of aromatic amines is 1. The number of aromatic nitrogens is 4. The molecule has 2 aliphatic rings. The molecule has 2 unspecified atom stereocenters. The Balaban J connectivity index is 1.63. The molecule has 2 heterocycles. The van der Waals surface area contributed by atoms with Crippen molar-refractivity contribution in [3.05, 3.63) is 47.3 Å². The van der Waals surface area contributed by atoms with E-state index >= 15 is 0 Å². The summed E-state index contributed by atoms with van der Waals surface area (Å²) in [5, 5.41) is 4.73. The van der Waals surface area contributed by atoms with Crippen molar-refractivity contribution < 1.29 is 8.78 Å². The number of fused-ring (bicyclic) bond motifs is 1. The molecule has 0 spiro atoms. The number of halogens is 2. The van der Waals surface area contributed by atoms with Gasteiger partial charge in [0.15, 0.2) is 5.65 Å². The van der Waals surface area contributed by atoms with E-state index in [1.54, 1.807) is 23.0 Å². The van der Waals surface area contributed by atoms with Gasteiger partial charge in [0.1, 0.15) is 11.2 Å². The van der Waals surface area contributed by atoms with Gasteiger partial charge in [0.2, 0.25) is 5.92 Å². The van der Waals surface area contributed by atoms with E-state index in [1.165, 1.54) is 6.20 Å². The van der Waals surface area contributed by atoms with E-state index < -0.39 is 5.92 Å². The summed E-state index contributed by atoms with van der Waals surface area (Å²) in [7, 11) is 0. The lowest BCUT2D eigenvalue weighted by Gasteiger charge is -2.35. The van der Waals surface area contributed by atoms with Crippen LogP contribution in [0.3, 0.4) is 0 Å². The molecule has 0 radical (unpaired) electrons. The molecule has 0 bridgehead atoms. The van der Waals surface area contributed by atoms with Crippen LogP contribution in [0.15, 0.2) is 40.9 Å². The van der Waals surface area contributed by atoms with Gasteiger partial charge in [-0.15, -0.1) is 0 Å². The van der Waals surface area contributed by atoms with Gasteiger partial charge in [0.05, 0.1) is 12.2 Å². The van der Waals surface area contributed by atoms with Crippen LogP contribution in [-0.2, 0) is 0 Å². The number of rotatable bonds is 5. The van der Waals surface area contributed by atoms with Crippen LogP contribution in [0.4, 0.5) is 8.78 Å². The van der Waals surface area contributed by atoms with E-state index in [0.29, 0.717) is 29.7 Å². The van der Waals surface area contributed by atoms with Gasteiger partial charge in [-0.05, 0) is 38.7 Å². The quantitative estimate of drug-likeness (QED) is 0.591. The van der Waals surface area contributed by atoms with Crippen LogP contribution < -0.4 is 5.56 Å². The monoisotopic (exact) mass is 401 g/mol. The second-order valence-corrected chi connectivity index (χ2v) is 8.00. The molecule has 1 N–H and O–H groups in total. The number of allylic oxidation sites excluding steroid dienone is 2. The largest absolute Gasteiger partial charge is 0.310 e. The molecule has 8 heteroatoms. The highest BCUT2D eigenvalue weighted by molar-refractivity contribution is 5.86. The molecule has 6 nitrogen and oxygen atoms in total. The zero-order valence-corrected chi connectivity index (χ0v) is 16.4. The highest BCUT2D eigenvalue weighted by atomic mass is 19.3. The smallest absolute Gasteiger partial charge is 0.262 e. The molecule has 2 fully saturated rings. The first kappa shape index (κ1) is 19.7. The maximum absolute atomic E-state index is 13.5. The first-order chi connectivity index (χ1) is 13.9. The van der Waals surface area contributed by atoms with Crippen LogP contribution in [0.5, 0.6) is 0 Å². The van der Waals surface area contributed by atoms with Crippen LogP contribution in [-0.4, -0.2) is 31.4 Å². The van der Waals surface area contributed by atoms with Crippen molar-refractivity contribution in [1.29, 1.82) is 0 Å². The Bertz CT molecular complexity index is 1030. The molecule has 29 heavy (non-hydrogen) atoms. The third-order valence-electron chi connectivity index (χ3n) is 6.18. The Labute approximate surface area is 167 Å². The molecule has 0 amide bonds. The molecule has 2 aliphatic carbocycles. The summed E-state index contributed by atoms with van der Waals surface area (Å²) < 4.78 is 28.7. The zero-order valence-electron chi connectivity index (χ0n) is 16.4.